The fourth-order valence-electron chi connectivity index (χ4n) is 3.72. The molecule has 0 atom stereocenters. The van der Waals surface area contributed by atoms with Gasteiger partial charge in [-0.3, -0.25) is 0 Å². The van der Waals surface area contributed by atoms with Crippen LogP contribution in [0.15, 0.2) is 36.4 Å². The Morgan fingerprint density at radius 3 is 1.00 bits per heavy atom. The predicted molar refractivity (Wildman–Crippen MR) is 121 cm³/mol. The normalized spacial score (nSPS) is 12.2. The molecule has 0 aliphatic carbocycles. The van der Waals surface area contributed by atoms with E-state index < -0.39 is 0 Å². The molecule has 2 rings (SSSR count). The monoisotopic (exact) mass is 366 g/mol. The summed E-state index contributed by atoms with van der Waals surface area (Å²) in [5.41, 5.74) is 7.87. The Balaban J connectivity index is 2.54. The zero-order valence-corrected chi connectivity index (χ0v) is 19.1. The largest absolute Gasteiger partial charge is 0.349 e. The summed E-state index contributed by atoms with van der Waals surface area (Å²) >= 11 is 0. The van der Waals surface area contributed by atoms with E-state index in [0.717, 1.165) is 6.67 Å². The van der Waals surface area contributed by atoms with Crippen molar-refractivity contribution in [3.05, 3.63) is 58.7 Å². The SMILES string of the molecule is Cc1cc(C)cc(N(CN(c2cc(C)cc(C)c2)C(C)(C)C)C(C)(C)C)c1. The van der Waals surface area contributed by atoms with E-state index in [-0.39, 0.29) is 11.1 Å². The van der Waals surface area contributed by atoms with Crippen LogP contribution in [0.25, 0.3) is 0 Å². The second kappa shape index (κ2) is 7.58. The summed E-state index contributed by atoms with van der Waals surface area (Å²) in [6, 6.07) is 13.7. The van der Waals surface area contributed by atoms with Gasteiger partial charge in [0, 0.05) is 22.5 Å². The summed E-state index contributed by atoms with van der Waals surface area (Å²) in [5.74, 6) is 0. The van der Waals surface area contributed by atoms with Crippen molar-refractivity contribution < 1.29 is 0 Å². The summed E-state index contributed by atoms with van der Waals surface area (Å²) in [6.45, 7) is 23.4. The fourth-order valence-corrected chi connectivity index (χ4v) is 3.72. The Morgan fingerprint density at radius 1 is 0.519 bits per heavy atom. The predicted octanol–water partition coefficient (Wildman–Crippen LogP) is 6.79. The standard InChI is InChI=1S/C25H38N2/c1-18-11-19(2)14-22(13-18)26(24(5,6)7)17-27(25(8,9)10)23-15-20(3)12-21(4)16-23/h11-16H,17H2,1-10H3. The molecule has 0 saturated heterocycles. The highest BCUT2D eigenvalue weighted by Gasteiger charge is 2.29. The molecule has 2 aromatic rings. The lowest BCUT2D eigenvalue weighted by Gasteiger charge is -2.47. The first-order valence-corrected chi connectivity index (χ1v) is 9.99. The van der Waals surface area contributed by atoms with Crippen LogP contribution in [0.1, 0.15) is 63.8 Å². The second-order valence-corrected chi connectivity index (χ2v) is 10.0. The van der Waals surface area contributed by atoms with Gasteiger partial charge >= 0.3 is 0 Å². The van der Waals surface area contributed by atoms with E-state index in [1.807, 2.05) is 0 Å². The van der Waals surface area contributed by atoms with Gasteiger partial charge in [-0.1, -0.05) is 12.1 Å². The lowest BCUT2D eigenvalue weighted by atomic mass is 10.0. The Labute approximate surface area is 167 Å². The minimum absolute atomic E-state index is 0.0165. The maximum Gasteiger partial charge on any atom is 0.0913 e. The third kappa shape index (κ3) is 5.51. The molecule has 148 valence electrons. The van der Waals surface area contributed by atoms with Gasteiger partial charge < -0.3 is 9.80 Å². The van der Waals surface area contributed by atoms with Gasteiger partial charge in [-0.05, 0) is 116 Å². The Kier molecular flexibility index (Phi) is 5.99. The van der Waals surface area contributed by atoms with Gasteiger partial charge in [0.25, 0.3) is 0 Å². The van der Waals surface area contributed by atoms with E-state index in [4.69, 9.17) is 0 Å². The zero-order chi connectivity index (χ0) is 20.6. The fraction of sp³-hybridized carbons (Fsp3) is 0.520. The lowest BCUT2D eigenvalue weighted by molar-refractivity contribution is 0.441. The van der Waals surface area contributed by atoms with Crippen molar-refractivity contribution in [2.45, 2.75) is 80.3 Å². The molecule has 0 aliphatic heterocycles. The number of rotatable bonds is 4. The number of anilines is 2. The van der Waals surface area contributed by atoms with E-state index in [9.17, 15) is 0 Å². The third-order valence-corrected chi connectivity index (χ3v) is 4.94. The first-order chi connectivity index (χ1) is 12.3. The summed E-state index contributed by atoms with van der Waals surface area (Å²) in [6.07, 6.45) is 0. The van der Waals surface area contributed by atoms with E-state index in [2.05, 4.69) is 115 Å². The minimum Gasteiger partial charge on any atom is -0.349 e. The molecular formula is C25H38N2. The molecule has 0 amide bonds. The van der Waals surface area contributed by atoms with Crippen molar-refractivity contribution in [2.75, 3.05) is 16.5 Å². The Bertz CT molecular complexity index is 683. The van der Waals surface area contributed by atoms with Crippen molar-refractivity contribution in [2.24, 2.45) is 0 Å². The van der Waals surface area contributed by atoms with E-state index >= 15 is 0 Å². The molecule has 27 heavy (non-hydrogen) atoms. The topological polar surface area (TPSA) is 6.48 Å². The van der Waals surface area contributed by atoms with E-state index in [1.165, 1.54) is 33.6 Å². The van der Waals surface area contributed by atoms with Crippen LogP contribution >= 0.6 is 0 Å². The van der Waals surface area contributed by atoms with Crippen molar-refractivity contribution in [3.8, 4) is 0 Å². The van der Waals surface area contributed by atoms with Crippen molar-refractivity contribution in [3.63, 3.8) is 0 Å². The van der Waals surface area contributed by atoms with Crippen molar-refractivity contribution >= 4 is 11.4 Å². The molecule has 0 aromatic heterocycles. The van der Waals surface area contributed by atoms with Crippen LogP contribution in [0, 0.1) is 27.7 Å². The van der Waals surface area contributed by atoms with Crippen molar-refractivity contribution in [1.82, 2.24) is 0 Å². The van der Waals surface area contributed by atoms with E-state index in [1.54, 1.807) is 0 Å². The molecule has 0 spiro atoms. The number of benzene rings is 2. The van der Waals surface area contributed by atoms with Crippen LogP contribution in [0.4, 0.5) is 11.4 Å². The maximum atomic E-state index is 2.52. The van der Waals surface area contributed by atoms with Crippen LogP contribution in [-0.2, 0) is 0 Å². The molecule has 0 N–H and O–H groups in total. The number of aryl methyl sites for hydroxylation is 4. The summed E-state index contributed by atoms with van der Waals surface area (Å²) in [5, 5.41) is 0. The van der Waals surface area contributed by atoms with Crippen LogP contribution in [0.5, 0.6) is 0 Å². The minimum atomic E-state index is 0.0165. The number of hydrogen-bond donors (Lipinski definition) is 0. The van der Waals surface area contributed by atoms with Gasteiger partial charge in [-0.15, -0.1) is 0 Å². The Morgan fingerprint density at radius 2 is 0.778 bits per heavy atom. The highest BCUT2D eigenvalue weighted by molar-refractivity contribution is 5.58. The quantitative estimate of drug-likeness (QED) is 0.550. The average molecular weight is 367 g/mol. The maximum absolute atomic E-state index is 2.52. The molecular weight excluding hydrogens is 328 g/mol. The van der Waals surface area contributed by atoms with Gasteiger partial charge in [0.05, 0.1) is 6.67 Å². The molecule has 2 heteroatoms. The molecule has 0 bridgehead atoms. The number of nitrogens with zero attached hydrogens (tertiary/aromatic N) is 2. The van der Waals surface area contributed by atoms with Crippen LogP contribution in [0.3, 0.4) is 0 Å². The smallest absolute Gasteiger partial charge is 0.0913 e. The van der Waals surface area contributed by atoms with Crippen LogP contribution < -0.4 is 9.80 Å². The van der Waals surface area contributed by atoms with Gasteiger partial charge in [0.2, 0.25) is 0 Å². The molecule has 0 aliphatic rings. The highest BCUT2D eigenvalue weighted by Crippen LogP contribution is 2.32. The molecule has 0 fully saturated rings. The summed E-state index contributed by atoms with van der Waals surface area (Å²) in [4.78, 5) is 5.05. The molecule has 0 unspecified atom stereocenters. The van der Waals surface area contributed by atoms with Crippen molar-refractivity contribution in [1.29, 1.82) is 0 Å². The second-order valence-electron chi connectivity index (χ2n) is 10.0. The van der Waals surface area contributed by atoms with Gasteiger partial charge in [0.1, 0.15) is 0 Å². The molecule has 0 heterocycles. The molecule has 2 aromatic carbocycles. The average Bonchev–Trinajstić information content (AvgIpc) is 2.42. The van der Waals surface area contributed by atoms with Gasteiger partial charge in [-0.25, -0.2) is 0 Å². The highest BCUT2D eigenvalue weighted by atomic mass is 15.4. The Hall–Kier alpha value is -1.96. The summed E-state index contributed by atoms with van der Waals surface area (Å²) < 4.78 is 0. The number of hydrogen-bond acceptors (Lipinski definition) is 2. The third-order valence-electron chi connectivity index (χ3n) is 4.94. The molecule has 0 radical (unpaired) electrons. The first kappa shape index (κ1) is 21.3. The van der Waals surface area contributed by atoms with Gasteiger partial charge in [0.15, 0.2) is 0 Å². The molecule has 2 nitrogen and oxygen atoms in total. The van der Waals surface area contributed by atoms with Gasteiger partial charge in [-0.2, -0.15) is 0 Å². The first-order valence-electron chi connectivity index (χ1n) is 9.99. The summed E-state index contributed by atoms with van der Waals surface area (Å²) in [7, 11) is 0. The molecule has 0 saturated carbocycles. The van der Waals surface area contributed by atoms with Crippen LogP contribution in [0.2, 0.25) is 0 Å². The van der Waals surface area contributed by atoms with E-state index in [0.29, 0.717) is 0 Å². The van der Waals surface area contributed by atoms with Crippen LogP contribution in [-0.4, -0.2) is 17.7 Å². The zero-order valence-electron chi connectivity index (χ0n) is 19.1. The lowest BCUT2D eigenvalue weighted by Crippen LogP contribution is -2.54.